The van der Waals surface area contributed by atoms with Crippen molar-refractivity contribution in [3.8, 4) is 0 Å². The number of Topliss-reactive ketones (excluding diaryl/α,β-unsaturated/α-hetero) is 1. The fourth-order valence-electron chi connectivity index (χ4n) is 4.94. The molecule has 5 atom stereocenters. The van der Waals surface area contributed by atoms with Gasteiger partial charge in [0.15, 0.2) is 5.78 Å². The van der Waals surface area contributed by atoms with E-state index in [1.54, 1.807) is 18.4 Å². The highest BCUT2D eigenvalue weighted by Crippen LogP contribution is 2.40. The average Bonchev–Trinajstić information content (AvgIpc) is 2.65. The predicted octanol–water partition coefficient (Wildman–Crippen LogP) is 3.77. The van der Waals surface area contributed by atoms with Crippen LogP contribution in [-0.2, 0) is 9.53 Å². The second-order valence-electron chi connectivity index (χ2n) is 8.43. The Morgan fingerprint density at radius 2 is 2.00 bits per heavy atom. The number of rotatable bonds is 3. The van der Waals surface area contributed by atoms with Crippen LogP contribution in [0.5, 0.6) is 0 Å². The lowest BCUT2D eigenvalue weighted by Gasteiger charge is -2.44. The van der Waals surface area contributed by atoms with Crippen molar-refractivity contribution in [2.24, 2.45) is 17.8 Å². The minimum absolute atomic E-state index is 0.0129. The molecule has 27 heavy (non-hydrogen) atoms. The number of aliphatic hydroxyl groups is 1. The Kier molecular flexibility index (Phi) is 5.58. The van der Waals surface area contributed by atoms with Crippen molar-refractivity contribution in [2.45, 2.75) is 44.8 Å². The zero-order valence-electron chi connectivity index (χ0n) is 15.8. The van der Waals surface area contributed by atoms with Crippen molar-refractivity contribution >= 4 is 23.0 Å². The number of carbonyl (C=O) groups excluding carboxylic acids is 1. The zero-order valence-corrected chi connectivity index (χ0v) is 16.6. The molecule has 1 aliphatic carbocycles. The number of allylic oxidation sites excluding steroid dienone is 1. The topological polar surface area (TPSA) is 49.8 Å². The molecule has 2 fully saturated rings. The van der Waals surface area contributed by atoms with Crippen LogP contribution >= 0.6 is 11.6 Å². The van der Waals surface area contributed by atoms with E-state index in [-0.39, 0.29) is 23.7 Å². The summed E-state index contributed by atoms with van der Waals surface area (Å²) in [6.45, 7) is 5.24. The minimum Gasteiger partial charge on any atom is -0.496 e. The van der Waals surface area contributed by atoms with Gasteiger partial charge in [0.25, 0.3) is 0 Å². The fourth-order valence-corrected chi connectivity index (χ4v) is 5.07. The monoisotopic (exact) mass is 389 g/mol. The Morgan fingerprint density at radius 3 is 2.74 bits per heavy atom. The van der Waals surface area contributed by atoms with Gasteiger partial charge in [0.2, 0.25) is 0 Å². The Labute approximate surface area is 166 Å². The highest BCUT2D eigenvalue weighted by molar-refractivity contribution is 6.30. The van der Waals surface area contributed by atoms with E-state index < -0.39 is 6.10 Å². The quantitative estimate of drug-likeness (QED) is 0.854. The molecule has 146 valence electrons. The number of aliphatic hydroxyl groups excluding tert-OH is 1. The van der Waals surface area contributed by atoms with E-state index in [4.69, 9.17) is 16.3 Å². The van der Waals surface area contributed by atoms with E-state index in [1.165, 1.54) is 12.8 Å². The second-order valence-corrected chi connectivity index (χ2v) is 8.86. The number of ether oxygens (including phenoxy) is 1. The van der Waals surface area contributed by atoms with Gasteiger partial charge in [-0.3, -0.25) is 4.79 Å². The molecule has 1 aromatic rings. The second kappa shape index (κ2) is 7.94. The Balaban J connectivity index is 1.53. The van der Waals surface area contributed by atoms with E-state index in [2.05, 4.69) is 11.8 Å². The standard InChI is InChI=1S/C22H28ClNO3/c1-14-3-2-10-24(11-14)12-18-20(25)9-8-17-21(26)19(13-27-22(17)18)15-4-6-16(23)7-5-15/h4-7,13-14,17-18,20,22,25H,2-3,8-12H2,1H3. The van der Waals surface area contributed by atoms with Crippen LogP contribution in [0.2, 0.25) is 5.02 Å². The van der Waals surface area contributed by atoms with Crippen LogP contribution in [0.25, 0.3) is 5.57 Å². The summed E-state index contributed by atoms with van der Waals surface area (Å²) < 4.78 is 6.10. The van der Waals surface area contributed by atoms with E-state index in [0.717, 1.165) is 25.2 Å². The van der Waals surface area contributed by atoms with E-state index in [1.807, 2.05) is 12.1 Å². The van der Waals surface area contributed by atoms with Crippen LogP contribution in [0, 0.1) is 17.8 Å². The molecular weight excluding hydrogens is 362 g/mol. The summed E-state index contributed by atoms with van der Waals surface area (Å²) in [4.78, 5) is 15.6. The van der Waals surface area contributed by atoms with Crippen LogP contribution in [0.3, 0.4) is 0 Å². The lowest BCUT2D eigenvalue weighted by Crippen LogP contribution is -2.52. The first kappa shape index (κ1) is 19.0. The van der Waals surface area contributed by atoms with Gasteiger partial charge in [0.05, 0.1) is 23.9 Å². The Morgan fingerprint density at radius 1 is 1.22 bits per heavy atom. The molecule has 1 N–H and O–H groups in total. The lowest BCUT2D eigenvalue weighted by molar-refractivity contribution is -0.133. The highest BCUT2D eigenvalue weighted by Gasteiger charge is 2.46. The number of hydrogen-bond donors (Lipinski definition) is 1. The normalized spacial score (nSPS) is 34.6. The van der Waals surface area contributed by atoms with Gasteiger partial charge in [0, 0.05) is 24.0 Å². The molecule has 0 aromatic heterocycles. The van der Waals surface area contributed by atoms with Gasteiger partial charge < -0.3 is 14.7 Å². The number of benzene rings is 1. The zero-order chi connectivity index (χ0) is 19.0. The van der Waals surface area contributed by atoms with Crippen molar-refractivity contribution in [1.29, 1.82) is 0 Å². The first-order valence-electron chi connectivity index (χ1n) is 10.1. The third kappa shape index (κ3) is 3.94. The van der Waals surface area contributed by atoms with Crippen LogP contribution in [0.15, 0.2) is 30.5 Å². The van der Waals surface area contributed by atoms with E-state index >= 15 is 0 Å². The molecule has 0 spiro atoms. The first-order valence-corrected chi connectivity index (χ1v) is 10.5. The number of nitrogens with zero attached hydrogens (tertiary/aromatic N) is 1. The summed E-state index contributed by atoms with van der Waals surface area (Å²) in [5.41, 5.74) is 1.46. The molecule has 5 unspecified atom stereocenters. The molecule has 1 saturated carbocycles. The maximum absolute atomic E-state index is 13.2. The van der Waals surface area contributed by atoms with Crippen LogP contribution < -0.4 is 0 Å². The largest absolute Gasteiger partial charge is 0.496 e. The van der Waals surface area contributed by atoms with Gasteiger partial charge in [0.1, 0.15) is 6.10 Å². The van der Waals surface area contributed by atoms with Gasteiger partial charge in [-0.2, -0.15) is 0 Å². The molecule has 5 heteroatoms. The van der Waals surface area contributed by atoms with Crippen molar-refractivity contribution in [1.82, 2.24) is 4.90 Å². The first-order chi connectivity index (χ1) is 13.0. The SMILES string of the molecule is CC1CCCN(CC2C(O)CCC3C(=O)C(c4ccc(Cl)cc4)=COC32)C1. The number of ketones is 1. The summed E-state index contributed by atoms with van der Waals surface area (Å²) in [7, 11) is 0. The smallest absolute Gasteiger partial charge is 0.173 e. The van der Waals surface area contributed by atoms with Crippen molar-refractivity contribution < 1.29 is 14.6 Å². The minimum atomic E-state index is -0.401. The van der Waals surface area contributed by atoms with Gasteiger partial charge in [-0.1, -0.05) is 30.7 Å². The third-order valence-electron chi connectivity index (χ3n) is 6.40. The molecule has 2 aliphatic heterocycles. The maximum atomic E-state index is 13.2. The van der Waals surface area contributed by atoms with Crippen LogP contribution in [-0.4, -0.2) is 47.6 Å². The number of carbonyl (C=O) groups is 1. The molecule has 0 radical (unpaired) electrons. The summed E-state index contributed by atoms with van der Waals surface area (Å²) in [6, 6.07) is 7.31. The van der Waals surface area contributed by atoms with Gasteiger partial charge in [-0.25, -0.2) is 0 Å². The third-order valence-corrected chi connectivity index (χ3v) is 6.65. The van der Waals surface area contributed by atoms with Gasteiger partial charge >= 0.3 is 0 Å². The fraction of sp³-hybridized carbons (Fsp3) is 0.591. The number of hydrogen-bond acceptors (Lipinski definition) is 4. The molecule has 1 saturated heterocycles. The van der Waals surface area contributed by atoms with E-state index in [0.29, 0.717) is 29.4 Å². The predicted molar refractivity (Wildman–Crippen MR) is 106 cm³/mol. The maximum Gasteiger partial charge on any atom is 0.173 e. The molecule has 1 aromatic carbocycles. The molecule has 4 nitrogen and oxygen atoms in total. The van der Waals surface area contributed by atoms with Gasteiger partial charge in [-0.15, -0.1) is 0 Å². The number of likely N-dealkylation sites (tertiary alicyclic amines) is 1. The number of piperidine rings is 1. The summed E-state index contributed by atoms with van der Waals surface area (Å²) in [5.74, 6) is 0.649. The number of halogens is 1. The average molecular weight is 390 g/mol. The van der Waals surface area contributed by atoms with Crippen LogP contribution in [0.1, 0.15) is 38.2 Å². The molecular formula is C22H28ClNO3. The van der Waals surface area contributed by atoms with Gasteiger partial charge in [-0.05, 0) is 55.8 Å². The van der Waals surface area contributed by atoms with Crippen LogP contribution in [0.4, 0.5) is 0 Å². The number of fused-ring (bicyclic) bond motifs is 1. The molecule has 3 aliphatic rings. The highest BCUT2D eigenvalue weighted by atomic mass is 35.5. The molecule has 0 amide bonds. The lowest BCUT2D eigenvalue weighted by atomic mass is 9.72. The van der Waals surface area contributed by atoms with Crippen molar-refractivity contribution in [3.63, 3.8) is 0 Å². The Bertz CT molecular complexity index is 717. The Hall–Kier alpha value is -1.36. The molecule has 2 heterocycles. The molecule has 0 bridgehead atoms. The molecule has 4 rings (SSSR count). The van der Waals surface area contributed by atoms with Crippen molar-refractivity contribution in [2.75, 3.05) is 19.6 Å². The summed E-state index contributed by atoms with van der Waals surface area (Å²) in [5, 5.41) is 11.3. The van der Waals surface area contributed by atoms with Crippen molar-refractivity contribution in [3.05, 3.63) is 41.1 Å². The summed E-state index contributed by atoms with van der Waals surface area (Å²) in [6.07, 6.45) is 4.81. The summed E-state index contributed by atoms with van der Waals surface area (Å²) >= 11 is 5.97. The van der Waals surface area contributed by atoms with E-state index in [9.17, 15) is 9.90 Å².